The summed E-state index contributed by atoms with van der Waals surface area (Å²) in [5, 5.41) is 3.57. The zero-order chi connectivity index (χ0) is 22.8. The molecule has 0 aliphatic rings. The topological polar surface area (TPSA) is 205 Å². The van der Waals surface area contributed by atoms with Crippen LogP contribution < -0.4 is 28.4 Å². The van der Waals surface area contributed by atoms with Gasteiger partial charge in [0.2, 0.25) is 11.8 Å². The second-order valence-electron chi connectivity index (χ2n) is 7.21. The molecular weight excluding hydrogens is 402 g/mol. The number of carbonyl (C=O) groups is 3. The zero-order valence-corrected chi connectivity index (χ0v) is 17.2. The summed E-state index contributed by atoms with van der Waals surface area (Å²) >= 11 is 0. The minimum Gasteiger partial charge on any atom is -0.370 e. The molecule has 2 unspecified atom stereocenters. The van der Waals surface area contributed by atoms with Crippen molar-refractivity contribution in [1.82, 2.24) is 10.3 Å². The molecule has 2 rings (SSSR count). The maximum Gasteiger partial charge on any atom is 0.248 e. The van der Waals surface area contributed by atoms with Crippen molar-refractivity contribution in [2.24, 2.45) is 34.0 Å². The van der Waals surface area contributed by atoms with Gasteiger partial charge in [-0.3, -0.25) is 24.2 Å². The molecule has 10 N–H and O–H groups in total. The maximum absolute atomic E-state index is 13.0. The average molecular weight is 431 g/mol. The number of Topliss-reactive ketones (excluding diaryl/α,β-unsaturated/α-hetero) is 1. The Labute approximate surface area is 179 Å². The molecule has 0 saturated heterocycles. The van der Waals surface area contributed by atoms with Gasteiger partial charge in [0.1, 0.15) is 6.61 Å². The fraction of sp³-hybridized carbons (Fsp3) is 0.400. The Morgan fingerprint density at radius 2 is 1.90 bits per heavy atom. The number of aromatic nitrogens is 1. The second kappa shape index (κ2) is 11.7. The van der Waals surface area contributed by atoms with Crippen LogP contribution in [0, 0.1) is 5.92 Å². The van der Waals surface area contributed by atoms with Crippen molar-refractivity contribution in [3.05, 3.63) is 36.0 Å². The number of H-pyrrole nitrogens is 1. The average Bonchev–Trinajstić information content (AvgIpc) is 3.12. The number of amides is 2. The summed E-state index contributed by atoms with van der Waals surface area (Å²) in [5.74, 6) is 2.76. The molecule has 1 aromatic heterocycles. The Hall–Kier alpha value is -3.44. The van der Waals surface area contributed by atoms with E-state index in [4.69, 9.17) is 23.1 Å². The summed E-state index contributed by atoms with van der Waals surface area (Å²) in [4.78, 5) is 48.3. The highest BCUT2D eigenvalue weighted by atomic mass is 16.6. The van der Waals surface area contributed by atoms with Crippen LogP contribution in [-0.4, -0.2) is 47.7 Å². The van der Waals surface area contributed by atoms with E-state index in [1.165, 1.54) is 0 Å². The predicted molar refractivity (Wildman–Crippen MR) is 116 cm³/mol. The standard InChI is InChI=1S/C20H29N7O4/c21-19(30)12(4-3-7-25-20(22)23)9-17(28)16(27-18(29)11-31-24)8-13-10-26-15-6-2-1-5-14(13)15/h1-2,5-6,10,12,16,26H,3-4,7-9,11,24H2,(H2,21,30)(H,27,29)(H4,22,23,25). The number of para-hydroxylation sites is 1. The molecule has 0 aliphatic carbocycles. The lowest BCUT2D eigenvalue weighted by Gasteiger charge is -2.20. The minimum absolute atomic E-state index is 0.0460. The molecule has 0 saturated carbocycles. The number of carbonyl (C=O) groups excluding carboxylic acids is 3. The second-order valence-corrected chi connectivity index (χ2v) is 7.21. The van der Waals surface area contributed by atoms with Crippen molar-refractivity contribution >= 4 is 34.5 Å². The van der Waals surface area contributed by atoms with Gasteiger partial charge >= 0.3 is 0 Å². The molecular formula is C20H29N7O4. The Morgan fingerprint density at radius 3 is 2.58 bits per heavy atom. The Bertz CT molecular complexity index is 937. The summed E-state index contributed by atoms with van der Waals surface area (Å²) in [6.45, 7) is -0.0704. The van der Waals surface area contributed by atoms with Gasteiger partial charge in [-0.25, -0.2) is 5.90 Å². The number of benzene rings is 1. The number of aliphatic imine (C=N–C) groups is 1. The quantitative estimate of drug-likeness (QED) is 0.103. The molecule has 1 heterocycles. The molecule has 0 radical (unpaired) electrons. The number of aromatic amines is 1. The molecule has 1 aromatic carbocycles. The van der Waals surface area contributed by atoms with Crippen LogP contribution in [-0.2, 0) is 25.6 Å². The van der Waals surface area contributed by atoms with E-state index in [-0.39, 0.29) is 24.6 Å². The van der Waals surface area contributed by atoms with Gasteiger partial charge in [-0.2, -0.15) is 0 Å². The normalized spacial score (nSPS) is 12.8. The van der Waals surface area contributed by atoms with Crippen LogP contribution in [0.1, 0.15) is 24.8 Å². The lowest BCUT2D eigenvalue weighted by atomic mass is 9.91. The highest BCUT2D eigenvalue weighted by Gasteiger charge is 2.27. The number of nitrogens with zero attached hydrogens (tertiary/aromatic N) is 1. The molecule has 11 heteroatoms. The zero-order valence-electron chi connectivity index (χ0n) is 17.2. The number of rotatable bonds is 13. The lowest BCUT2D eigenvalue weighted by Crippen LogP contribution is -2.45. The molecule has 168 valence electrons. The number of ketones is 1. The van der Waals surface area contributed by atoms with Crippen molar-refractivity contribution in [2.75, 3.05) is 13.2 Å². The number of hydrogen-bond donors (Lipinski definition) is 6. The van der Waals surface area contributed by atoms with E-state index >= 15 is 0 Å². The Balaban J connectivity index is 2.13. The van der Waals surface area contributed by atoms with E-state index in [0.29, 0.717) is 19.4 Å². The van der Waals surface area contributed by atoms with Crippen molar-refractivity contribution in [2.45, 2.75) is 31.7 Å². The minimum atomic E-state index is -0.874. The van der Waals surface area contributed by atoms with Gasteiger partial charge in [0.05, 0.1) is 6.04 Å². The first-order chi connectivity index (χ1) is 14.8. The van der Waals surface area contributed by atoms with E-state index in [1.807, 2.05) is 24.3 Å². The van der Waals surface area contributed by atoms with Crippen LogP contribution in [0.25, 0.3) is 10.9 Å². The molecule has 0 bridgehead atoms. The first kappa shape index (κ1) is 23.8. The summed E-state index contributed by atoms with van der Waals surface area (Å²) in [5.41, 5.74) is 17.8. The summed E-state index contributed by atoms with van der Waals surface area (Å²) in [6.07, 6.45) is 2.74. The first-order valence-corrected chi connectivity index (χ1v) is 9.85. The fourth-order valence-electron chi connectivity index (χ4n) is 3.35. The third-order valence-corrected chi connectivity index (χ3v) is 4.89. The summed E-state index contributed by atoms with van der Waals surface area (Å²) in [6, 6.07) is 6.74. The van der Waals surface area contributed by atoms with Crippen molar-refractivity contribution in [3.63, 3.8) is 0 Å². The molecule has 0 fully saturated rings. The van der Waals surface area contributed by atoms with Crippen molar-refractivity contribution in [1.29, 1.82) is 0 Å². The lowest BCUT2D eigenvalue weighted by molar-refractivity contribution is -0.132. The highest BCUT2D eigenvalue weighted by Crippen LogP contribution is 2.21. The van der Waals surface area contributed by atoms with E-state index in [2.05, 4.69) is 20.1 Å². The van der Waals surface area contributed by atoms with Crippen molar-refractivity contribution in [3.8, 4) is 0 Å². The number of guanidine groups is 1. The molecule has 0 aliphatic heterocycles. The Kier molecular flexibility index (Phi) is 8.97. The third-order valence-electron chi connectivity index (χ3n) is 4.89. The first-order valence-electron chi connectivity index (χ1n) is 9.85. The van der Waals surface area contributed by atoms with Gasteiger partial charge in [-0.1, -0.05) is 18.2 Å². The van der Waals surface area contributed by atoms with E-state index in [1.54, 1.807) is 6.20 Å². The van der Waals surface area contributed by atoms with Crippen LogP contribution in [0.15, 0.2) is 35.5 Å². The van der Waals surface area contributed by atoms with Crippen LogP contribution >= 0.6 is 0 Å². The molecule has 2 aromatic rings. The summed E-state index contributed by atoms with van der Waals surface area (Å²) in [7, 11) is 0. The number of nitrogens with two attached hydrogens (primary N) is 4. The fourth-order valence-corrected chi connectivity index (χ4v) is 3.35. The van der Waals surface area contributed by atoms with Gasteiger partial charge in [0.15, 0.2) is 11.7 Å². The van der Waals surface area contributed by atoms with Crippen LogP contribution in [0.3, 0.4) is 0 Å². The smallest absolute Gasteiger partial charge is 0.248 e. The SMILES string of the molecule is NOCC(=O)NC(Cc1c[nH]c2ccccc12)C(=O)CC(CCCN=C(N)N)C(N)=O. The highest BCUT2D eigenvalue weighted by molar-refractivity contribution is 5.93. The molecule has 11 nitrogen and oxygen atoms in total. The number of nitrogens with one attached hydrogen (secondary N) is 2. The molecule has 0 spiro atoms. The van der Waals surface area contributed by atoms with Crippen LogP contribution in [0.2, 0.25) is 0 Å². The van der Waals surface area contributed by atoms with Crippen molar-refractivity contribution < 1.29 is 19.2 Å². The number of fused-ring (bicyclic) bond motifs is 1. The largest absolute Gasteiger partial charge is 0.370 e. The van der Waals surface area contributed by atoms with Crippen LogP contribution in [0.5, 0.6) is 0 Å². The molecule has 31 heavy (non-hydrogen) atoms. The van der Waals surface area contributed by atoms with E-state index in [0.717, 1.165) is 16.5 Å². The number of hydrogen-bond acceptors (Lipinski definition) is 6. The van der Waals surface area contributed by atoms with E-state index < -0.39 is 30.4 Å². The maximum atomic E-state index is 13.0. The Morgan fingerprint density at radius 1 is 1.16 bits per heavy atom. The molecule has 2 atom stereocenters. The third kappa shape index (κ3) is 7.39. The molecule has 2 amide bonds. The van der Waals surface area contributed by atoms with Crippen LogP contribution in [0.4, 0.5) is 0 Å². The van der Waals surface area contributed by atoms with Gasteiger partial charge in [0.25, 0.3) is 0 Å². The van der Waals surface area contributed by atoms with Gasteiger partial charge in [-0.05, 0) is 24.5 Å². The van der Waals surface area contributed by atoms with E-state index in [9.17, 15) is 14.4 Å². The van der Waals surface area contributed by atoms with Gasteiger partial charge in [0, 0.05) is 42.4 Å². The number of primary amides is 1. The monoisotopic (exact) mass is 431 g/mol. The van der Waals surface area contributed by atoms with Gasteiger partial charge < -0.3 is 27.5 Å². The predicted octanol–water partition coefficient (Wildman–Crippen LogP) is -0.800. The summed E-state index contributed by atoms with van der Waals surface area (Å²) < 4.78 is 0. The van der Waals surface area contributed by atoms with Gasteiger partial charge in [-0.15, -0.1) is 0 Å².